The first-order valence-electron chi connectivity index (χ1n) is 14.9. The van der Waals surface area contributed by atoms with E-state index in [0.29, 0.717) is 43.0 Å². The van der Waals surface area contributed by atoms with E-state index in [0.717, 1.165) is 26.8 Å². The van der Waals surface area contributed by atoms with Crippen molar-refractivity contribution in [1.29, 1.82) is 0 Å². The fourth-order valence-electron chi connectivity index (χ4n) is 5.24. The molecule has 0 aliphatic carbocycles. The van der Waals surface area contributed by atoms with Crippen LogP contribution in [-0.2, 0) is 26.8 Å². The highest BCUT2D eigenvalue weighted by Crippen LogP contribution is 2.39. The largest absolute Gasteiger partial charge is 0.489 e. The summed E-state index contributed by atoms with van der Waals surface area (Å²) in [4.78, 5) is 19.6. The molecular weight excluding hydrogens is 687 g/mol. The van der Waals surface area contributed by atoms with Crippen molar-refractivity contribution in [2.24, 2.45) is 0 Å². The third-order valence-corrected chi connectivity index (χ3v) is 10.1. The maximum Gasteiger partial charge on any atom is 0.196 e. The summed E-state index contributed by atoms with van der Waals surface area (Å²) in [7, 11) is -1.60. The Morgan fingerprint density at radius 1 is 1.04 bits per heavy atom. The van der Waals surface area contributed by atoms with Gasteiger partial charge in [0.1, 0.15) is 30.3 Å². The molecule has 242 valence electrons. The molecule has 0 saturated heterocycles. The third-order valence-electron chi connectivity index (χ3n) is 7.90. The Balaban J connectivity index is 1.15. The Morgan fingerprint density at radius 2 is 1.94 bits per heavy atom. The summed E-state index contributed by atoms with van der Waals surface area (Å²) in [5.41, 5.74) is 2.17. The van der Waals surface area contributed by atoms with E-state index < -0.39 is 15.4 Å². The van der Waals surface area contributed by atoms with Gasteiger partial charge in [0, 0.05) is 43.2 Å². The van der Waals surface area contributed by atoms with Crippen LogP contribution in [0.1, 0.15) is 24.1 Å². The summed E-state index contributed by atoms with van der Waals surface area (Å²) < 4.78 is 51.8. The second-order valence-corrected chi connectivity index (χ2v) is 14.1. The van der Waals surface area contributed by atoms with Gasteiger partial charge in [-0.1, -0.05) is 18.2 Å². The number of benzene rings is 2. The summed E-state index contributed by atoms with van der Waals surface area (Å²) in [5, 5.41) is 4.23. The van der Waals surface area contributed by atoms with E-state index in [2.05, 4.69) is 36.2 Å². The van der Waals surface area contributed by atoms with E-state index in [9.17, 15) is 12.8 Å². The molecule has 2 aromatic carbocycles. The van der Waals surface area contributed by atoms with Crippen LogP contribution in [0.3, 0.4) is 0 Å². The van der Waals surface area contributed by atoms with E-state index in [-0.39, 0.29) is 23.2 Å². The normalized spacial score (nSPS) is 16.0. The number of aromatic nitrogens is 4. The van der Waals surface area contributed by atoms with Crippen molar-refractivity contribution in [2.75, 3.05) is 31.2 Å². The Kier molecular flexibility index (Phi) is 9.76. The van der Waals surface area contributed by atoms with Gasteiger partial charge in [0.05, 0.1) is 33.9 Å². The molecule has 13 heteroatoms. The second kappa shape index (κ2) is 14.1. The highest BCUT2D eigenvalue weighted by Gasteiger charge is 2.37. The number of fused-ring (bicyclic) bond motifs is 1. The standard InChI is InChI=1S/C34H32BrFN6O4S/c1-42(15-17-47(43,44)32-8-2-3-13-37-32)14-12-34(11-5-16-46-34)31-20-27-29(21-38-31)39-23-40-33(27)41-26-9-10-30(28(35)19-26)45-22-24-6-4-7-25(36)18-24/h2-10,13,16,18-21,23H,11-12,14-15,17,22H2,1H3,(H,39,40,41). The molecule has 47 heavy (non-hydrogen) atoms. The molecule has 0 spiro atoms. The molecule has 0 bridgehead atoms. The lowest BCUT2D eigenvalue weighted by Gasteiger charge is -2.30. The van der Waals surface area contributed by atoms with Gasteiger partial charge in [0.2, 0.25) is 0 Å². The zero-order valence-corrected chi connectivity index (χ0v) is 27.9. The van der Waals surface area contributed by atoms with E-state index in [1.165, 1.54) is 30.7 Å². The van der Waals surface area contributed by atoms with Gasteiger partial charge >= 0.3 is 0 Å². The zero-order chi connectivity index (χ0) is 32.9. The summed E-state index contributed by atoms with van der Waals surface area (Å²) in [6.07, 6.45) is 9.53. The zero-order valence-electron chi connectivity index (χ0n) is 25.5. The van der Waals surface area contributed by atoms with Gasteiger partial charge < -0.3 is 19.7 Å². The molecule has 10 nitrogen and oxygen atoms in total. The summed E-state index contributed by atoms with van der Waals surface area (Å²) in [5.74, 6) is 0.867. The number of halogens is 2. The Morgan fingerprint density at radius 3 is 2.70 bits per heavy atom. The van der Waals surface area contributed by atoms with Crippen molar-refractivity contribution >= 4 is 48.2 Å². The van der Waals surface area contributed by atoms with Crippen LogP contribution >= 0.6 is 15.9 Å². The molecule has 1 unspecified atom stereocenters. The first-order chi connectivity index (χ1) is 22.7. The lowest BCUT2D eigenvalue weighted by molar-refractivity contribution is 0.0209. The predicted octanol–water partition coefficient (Wildman–Crippen LogP) is 6.57. The van der Waals surface area contributed by atoms with Crippen molar-refractivity contribution in [3.8, 4) is 5.75 Å². The molecule has 0 radical (unpaired) electrons. The van der Waals surface area contributed by atoms with Crippen molar-refractivity contribution in [2.45, 2.75) is 30.1 Å². The summed E-state index contributed by atoms with van der Waals surface area (Å²) in [6, 6.07) is 18.7. The molecule has 3 aromatic heterocycles. The molecule has 0 saturated carbocycles. The van der Waals surface area contributed by atoms with Crippen LogP contribution in [0.25, 0.3) is 10.9 Å². The minimum Gasteiger partial charge on any atom is -0.489 e. The van der Waals surface area contributed by atoms with Crippen LogP contribution in [0.4, 0.5) is 15.9 Å². The summed E-state index contributed by atoms with van der Waals surface area (Å²) in [6.45, 7) is 1.16. The molecule has 6 rings (SSSR count). The molecule has 0 fully saturated rings. The maximum absolute atomic E-state index is 13.5. The molecule has 5 aromatic rings. The Bertz CT molecular complexity index is 2010. The van der Waals surface area contributed by atoms with Crippen LogP contribution in [0, 0.1) is 5.82 Å². The van der Waals surface area contributed by atoms with Gasteiger partial charge in [-0.2, -0.15) is 0 Å². The van der Waals surface area contributed by atoms with Crippen molar-refractivity contribution in [1.82, 2.24) is 24.8 Å². The van der Waals surface area contributed by atoms with Crippen LogP contribution in [0.15, 0.2) is 107 Å². The lowest BCUT2D eigenvalue weighted by Crippen LogP contribution is -2.34. The lowest BCUT2D eigenvalue weighted by atomic mass is 9.91. The van der Waals surface area contributed by atoms with Gasteiger partial charge in [-0.3, -0.25) is 4.98 Å². The molecule has 0 amide bonds. The van der Waals surface area contributed by atoms with Crippen LogP contribution in [-0.4, -0.2) is 59.1 Å². The number of hydrogen-bond donors (Lipinski definition) is 1. The summed E-state index contributed by atoms with van der Waals surface area (Å²) >= 11 is 3.58. The van der Waals surface area contributed by atoms with Crippen LogP contribution in [0.5, 0.6) is 5.75 Å². The van der Waals surface area contributed by atoms with Gasteiger partial charge in [-0.25, -0.2) is 27.8 Å². The van der Waals surface area contributed by atoms with Crippen molar-refractivity contribution in [3.63, 3.8) is 0 Å². The minimum absolute atomic E-state index is 0.0383. The number of hydrogen-bond acceptors (Lipinski definition) is 10. The smallest absolute Gasteiger partial charge is 0.196 e. The minimum atomic E-state index is -3.49. The number of pyridine rings is 2. The number of sulfone groups is 1. The van der Waals surface area contributed by atoms with Gasteiger partial charge in [-0.05, 0) is 83.1 Å². The maximum atomic E-state index is 13.5. The quantitative estimate of drug-likeness (QED) is 0.143. The van der Waals surface area contributed by atoms with Crippen LogP contribution in [0.2, 0.25) is 0 Å². The monoisotopic (exact) mass is 718 g/mol. The first kappa shape index (κ1) is 32.5. The van der Waals surface area contributed by atoms with Gasteiger partial charge in [0.15, 0.2) is 20.5 Å². The highest BCUT2D eigenvalue weighted by atomic mass is 79.9. The highest BCUT2D eigenvalue weighted by molar-refractivity contribution is 9.10. The number of nitrogens with zero attached hydrogens (tertiary/aromatic N) is 5. The van der Waals surface area contributed by atoms with Gasteiger partial charge in [0.25, 0.3) is 0 Å². The van der Waals surface area contributed by atoms with Crippen molar-refractivity contribution < 1.29 is 22.3 Å². The molecular formula is C34H32BrFN6O4S. The average Bonchev–Trinajstić information content (AvgIpc) is 3.57. The molecule has 1 aliphatic heterocycles. The first-order valence-corrected chi connectivity index (χ1v) is 17.4. The van der Waals surface area contributed by atoms with Crippen LogP contribution < -0.4 is 10.1 Å². The molecule has 1 atom stereocenters. The fourth-order valence-corrected chi connectivity index (χ4v) is 7.00. The SMILES string of the molecule is CN(CCC1(c2cc3c(Nc4ccc(OCc5cccc(F)c5)c(Br)c4)ncnc3cn2)CC=CO1)CCS(=O)(=O)c1ccccn1. The number of ether oxygens (including phenoxy) is 2. The van der Waals surface area contributed by atoms with E-state index >= 15 is 0 Å². The van der Waals surface area contributed by atoms with Gasteiger partial charge in [-0.15, -0.1) is 0 Å². The molecule has 4 heterocycles. The average molecular weight is 720 g/mol. The van der Waals surface area contributed by atoms with E-state index in [1.54, 1.807) is 30.7 Å². The number of anilines is 2. The van der Waals surface area contributed by atoms with Crippen molar-refractivity contribution in [3.05, 3.63) is 119 Å². The van der Waals surface area contributed by atoms with E-state index in [4.69, 9.17) is 14.5 Å². The molecule has 1 N–H and O–H groups in total. The van der Waals surface area contributed by atoms with E-state index in [1.807, 2.05) is 48.4 Å². The number of nitrogens with one attached hydrogen (secondary N) is 1. The predicted molar refractivity (Wildman–Crippen MR) is 180 cm³/mol. The second-order valence-electron chi connectivity index (χ2n) is 11.2. The third kappa shape index (κ3) is 7.75. The fraction of sp³-hybridized carbons (Fsp3) is 0.235. The Hall–Kier alpha value is -4.46. The number of rotatable bonds is 13. The Labute approximate surface area is 280 Å². The topological polar surface area (TPSA) is 119 Å². The molecule has 1 aliphatic rings.